The largest absolute Gasteiger partial charge is 0.475 e. The first-order chi connectivity index (χ1) is 9.16. The number of aliphatic imine (C=N–C) groups is 1. The summed E-state index contributed by atoms with van der Waals surface area (Å²) in [4.78, 5) is 8.83. The summed E-state index contributed by atoms with van der Waals surface area (Å²) < 4.78 is 5.73. The van der Waals surface area contributed by atoms with Crippen LogP contribution in [0.3, 0.4) is 0 Å². The summed E-state index contributed by atoms with van der Waals surface area (Å²) in [5.41, 5.74) is 3.06. The van der Waals surface area contributed by atoms with Gasteiger partial charge in [0.15, 0.2) is 0 Å². The lowest BCUT2D eigenvalue weighted by Gasteiger charge is -2.08. The Hall–Kier alpha value is -2.16. The minimum Gasteiger partial charge on any atom is -0.475 e. The third-order valence-electron chi connectivity index (χ3n) is 3.10. The molecule has 1 aromatic carbocycles. The van der Waals surface area contributed by atoms with Crippen molar-refractivity contribution in [3.05, 3.63) is 54.4 Å². The number of rotatable bonds is 2. The molecule has 0 saturated carbocycles. The summed E-state index contributed by atoms with van der Waals surface area (Å²) in [6.45, 7) is 4.75. The summed E-state index contributed by atoms with van der Waals surface area (Å²) in [6, 6.07) is 12.2. The Bertz CT molecular complexity index is 618. The molecule has 19 heavy (non-hydrogen) atoms. The molecule has 1 aromatic heterocycles. The fourth-order valence-corrected chi connectivity index (χ4v) is 2.16. The molecule has 0 amide bonds. The Kier molecular flexibility index (Phi) is 2.82. The molecule has 2 heterocycles. The van der Waals surface area contributed by atoms with Crippen LogP contribution in [0.4, 0.5) is 0 Å². The number of pyridine rings is 1. The van der Waals surface area contributed by atoms with Crippen molar-refractivity contribution in [3.63, 3.8) is 0 Å². The van der Waals surface area contributed by atoms with Crippen LogP contribution >= 0.6 is 0 Å². The number of ether oxygens (including phenoxy) is 1. The zero-order chi connectivity index (χ0) is 13.3. The topological polar surface area (TPSA) is 34.5 Å². The van der Waals surface area contributed by atoms with E-state index < -0.39 is 0 Å². The second kappa shape index (κ2) is 4.50. The Morgan fingerprint density at radius 3 is 2.53 bits per heavy atom. The summed E-state index contributed by atoms with van der Waals surface area (Å²) >= 11 is 0. The third-order valence-corrected chi connectivity index (χ3v) is 3.10. The van der Waals surface area contributed by atoms with Gasteiger partial charge in [0.05, 0.1) is 11.1 Å². The second-order valence-corrected chi connectivity index (χ2v) is 5.31. The van der Waals surface area contributed by atoms with Crippen LogP contribution in [0.5, 0.6) is 0 Å². The molecule has 3 nitrogen and oxygen atoms in total. The van der Waals surface area contributed by atoms with Crippen LogP contribution in [0, 0.1) is 0 Å². The van der Waals surface area contributed by atoms with Gasteiger partial charge < -0.3 is 4.74 Å². The van der Waals surface area contributed by atoms with Gasteiger partial charge in [-0.05, 0) is 31.0 Å². The molecule has 3 rings (SSSR count). The maximum Gasteiger partial charge on any atom is 0.219 e. The summed E-state index contributed by atoms with van der Waals surface area (Å²) in [5, 5.41) is 0. The van der Waals surface area contributed by atoms with Crippen molar-refractivity contribution in [1.29, 1.82) is 0 Å². The van der Waals surface area contributed by atoms with E-state index in [1.807, 2.05) is 30.5 Å². The highest BCUT2D eigenvalue weighted by Gasteiger charge is 2.28. The van der Waals surface area contributed by atoms with Crippen molar-refractivity contribution in [1.82, 2.24) is 4.98 Å². The molecule has 0 bridgehead atoms. The first kappa shape index (κ1) is 11.9. The highest BCUT2D eigenvalue weighted by Crippen LogP contribution is 2.27. The van der Waals surface area contributed by atoms with Crippen LogP contribution in [0.1, 0.15) is 19.4 Å². The van der Waals surface area contributed by atoms with Crippen LogP contribution in [-0.2, 0) is 4.74 Å². The summed E-state index contributed by atoms with van der Waals surface area (Å²) in [7, 11) is 0. The van der Waals surface area contributed by atoms with E-state index in [-0.39, 0.29) is 5.54 Å². The van der Waals surface area contributed by atoms with Gasteiger partial charge in [-0.1, -0.05) is 30.3 Å². The van der Waals surface area contributed by atoms with Gasteiger partial charge in [0, 0.05) is 12.4 Å². The molecule has 0 fully saturated rings. The molecule has 0 saturated heterocycles. The number of nitrogens with zero attached hydrogens (tertiary/aromatic N) is 2. The van der Waals surface area contributed by atoms with E-state index in [4.69, 9.17) is 4.74 Å². The van der Waals surface area contributed by atoms with Crippen LogP contribution in [0.15, 0.2) is 53.8 Å². The summed E-state index contributed by atoms with van der Waals surface area (Å²) in [5.74, 6) is 0.692. The average molecular weight is 252 g/mol. The van der Waals surface area contributed by atoms with E-state index in [1.54, 1.807) is 6.20 Å². The van der Waals surface area contributed by atoms with E-state index in [9.17, 15) is 0 Å². The Labute approximate surface area is 113 Å². The lowest BCUT2D eigenvalue weighted by Crippen LogP contribution is -2.17. The Morgan fingerprint density at radius 1 is 1.05 bits per heavy atom. The van der Waals surface area contributed by atoms with E-state index in [0.29, 0.717) is 12.5 Å². The maximum absolute atomic E-state index is 5.73. The lowest BCUT2D eigenvalue weighted by molar-refractivity contribution is 0.279. The zero-order valence-corrected chi connectivity index (χ0v) is 11.1. The fraction of sp³-hybridized carbons (Fsp3) is 0.250. The molecular weight excluding hydrogens is 236 g/mol. The van der Waals surface area contributed by atoms with Crippen LogP contribution in [-0.4, -0.2) is 23.0 Å². The van der Waals surface area contributed by atoms with E-state index >= 15 is 0 Å². The molecule has 1 aliphatic heterocycles. The van der Waals surface area contributed by atoms with E-state index in [2.05, 4.69) is 36.0 Å². The predicted molar refractivity (Wildman–Crippen MR) is 76.2 cm³/mol. The monoisotopic (exact) mass is 252 g/mol. The molecule has 1 aliphatic rings. The smallest absolute Gasteiger partial charge is 0.219 e. The van der Waals surface area contributed by atoms with E-state index in [0.717, 1.165) is 16.7 Å². The molecule has 96 valence electrons. The molecule has 2 aromatic rings. The molecular formula is C16H16N2O. The minimum absolute atomic E-state index is 0.154. The Morgan fingerprint density at radius 2 is 1.84 bits per heavy atom. The zero-order valence-electron chi connectivity index (χ0n) is 11.1. The SMILES string of the molecule is CC1(C)COC(c2cnccc2-c2ccccc2)=N1. The number of hydrogen-bond donors (Lipinski definition) is 0. The van der Waals surface area contributed by atoms with Crippen LogP contribution < -0.4 is 0 Å². The molecule has 0 N–H and O–H groups in total. The fourth-order valence-electron chi connectivity index (χ4n) is 2.16. The van der Waals surface area contributed by atoms with Crippen molar-refractivity contribution in [2.45, 2.75) is 19.4 Å². The van der Waals surface area contributed by atoms with Crippen molar-refractivity contribution >= 4 is 5.90 Å². The first-order valence-electron chi connectivity index (χ1n) is 6.38. The van der Waals surface area contributed by atoms with Gasteiger partial charge in [-0.3, -0.25) is 4.98 Å². The van der Waals surface area contributed by atoms with Gasteiger partial charge >= 0.3 is 0 Å². The number of hydrogen-bond acceptors (Lipinski definition) is 3. The summed E-state index contributed by atoms with van der Waals surface area (Å²) in [6.07, 6.45) is 3.62. The van der Waals surface area contributed by atoms with Crippen molar-refractivity contribution in [2.24, 2.45) is 4.99 Å². The highest BCUT2D eigenvalue weighted by molar-refractivity contribution is 6.01. The van der Waals surface area contributed by atoms with Crippen LogP contribution in [0.25, 0.3) is 11.1 Å². The van der Waals surface area contributed by atoms with Gasteiger partial charge in [0.1, 0.15) is 6.61 Å². The second-order valence-electron chi connectivity index (χ2n) is 5.31. The maximum atomic E-state index is 5.73. The standard InChI is InChI=1S/C16H16N2O/c1-16(2)11-19-15(18-16)14-10-17-9-8-13(14)12-6-4-3-5-7-12/h3-10H,11H2,1-2H3. The predicted octanol–water partition coefficient (Wildman–Crippen LogP) is 3.30. The van der Waals surface area contributed by atoms with Gasteiger partial charge in [-0.25, -0.2) is 4.99 Å². The van der Waals surface area contributed by atoms with Gasteiger partial charge in [0.2, 0.25) is 5.90 Å². The molecule has 0 unspecified atom stereocenters. The van der Waals surface area contributed by atoms with Gasteiger partial charge in [0.25, 0.3) is 0 Å². The van der Waals surface area contributed by atoms with Crippen molar-refractivity contribution < 1.29 is 4.74 Å². The highest BCUT2D eigenvalue weighted by atomic mass is 16.5. The molecule has 0 spiro atoms. The van der Waals surface area contributed by atoms with Crippen LogP contribution in [0.2, 0.25) is 0 Å². The number of benzene rings is 1. The molecule has 0 radical (unpaired) electrons. The normalized spacial score (nSPS) is 16.8. The molecule has 0 aliphatic carbocycles. The van der Waals surface area contributed by atoms with Crippen molar-refractivity contribution in [3.8, 4) is 11.1 Å². The first-order valence-corrected chi connectivity index (χ1v) is 6.38. The van der Waals surface area contributed by atoms with Gasteiger partial charge in [-0.15, -0.1) is 0 Å². The van der Waals surface area contributed by atoms with Crippen molar-refractivity contribution in [2.75, 3.05) is 6.61 Å². The Balaban J connectivity index is 2.09. The molecule has 0 atom stereocenters. The quantitative estimate of drug-likeness (QED) is 0.821. The van der Waals surface area contributed by atoms with E-state index in [1.165, 1.54) is 0 Å². The molecule has 3 heteroatoms. The average Bonchev–Trinajstić information content (AvgIpc) is 2.80. The minimum atomic E-state index is -0.154. The third kappa shape index (κ3) is 2.36. The number of aromatic nitrogens is 1. The lowest BCUT2D eigenvalue weighted by atomic mass is 10.0. The van der Waals surface area contributed by atoms with Gasteiger partial charge in [-0.2, -0.15) is 0 Å².